The molecule has 0 aromatic carbocycles. The Bertz CT molecular complexity index is 351. The Labute approximate surface area is 112 Å². The predicted octanol–water partition coefficient (Wildman–Crippen LogP) is 0.738. The summed E-state index contributed by atoms with van der Waals surface area (Å²) < 4.78 is 5.39. The third-order valence-corrected chi connectivity index (χ3v) is 4.66. The van der Waals surface area contributed by atoms with Gasteiger partial charge < -0.3 is 15.8 Å². The van der Waals surface area contributed by atoms with E-state index in [4.69, 9.17) is 10.5 Å². The first-order chi connectivity index (χ1) is 8.52. The summed E-state index contributed by atoms with van der Waals surface area (Å²) in [6, 6.07) is -0.435. The third kappa shape index (κ3) is 2.98. The molecule has 5 nitrogen and oxygen atoms in total. The fourth-order valence-corrected chi connectivity index (χ4v) is 3.52. The van der Waals surface area contributed by atoms with Crippen molar-refractivity contribution in [2.45, 2.75) is 38.3 Å². The van der Waals surface area contributed by atoms with E-state index in [0.29, 0.717) is 0 Å². The first-order valence-corrected chi connectivity index (χ1v) is 7.37. The molecule has 2 rings (SSSR count). The molecule has 0 aliphatic carbocycles. The van der Waals surface area contributed by atoms with Crippen LogP contribution in [0.5, 0.6) is 0 Å². The Morgan fingerprint density at radius 2 is 2.17 bits per heavy atom. The summed E-state index contributed by atoms with van der Waals surface area (Å²) in [5, 5.41) is 4.33. The standard InChI is InChI=1S/C12H21N3O2S/c1-8(2)9(10(13)16)14-11-15-12(7-18-11)3-5-17-6-4-12/h8-9H,3-7H2,1-2H3,(H2,13,16)(H,14,15). The van der Waals surface area contributed by atoms with Crippen molar-refractivity contribution < 1.29 is 9.53 Å². The van der Waals surface area contributed by atoms with E-state index in [1.807, 2.05) is 13.8 Å². The van der Waals surface area contributed by atoms with Gasteiger partial charge in [0.1, 0.15) is 6.04 Å². The summed E-state index contributed by atoms with van der Waals surface area (Å²) in [5.74, 6) is 0.773. The molecule has 1 atom stereocenters. The van der Waals surface area contributed by atoms with Crippen molar-refractivity contribution in [1.82, 2.24) is 5.32 Å². The Kier molecular flexibility index (Phi) is 4.17. The smallest absolute Gasteiger partial charge is 0.242 e. The molecule has 2 saturated heterocycles. The number of hydrogen-bond donors (Lipinski definition) is 2. The fourth-order valence-electron chi connectivity index (χ4n) is 2.27. The molecule has 3 N–H and O–H groups in total. The number of ether oxygens (including phenoxy) is 1. The molecular weight excluding hydrogens is 250 g/mol. The summed E-state index contributed by atoms with van der Waals surface area (Å²) in [6.07, 6.45) is 2.00. The SMILES string of the molecule is CC(C)C(N=C1NC2(CCOCC2)CS1)C(N)=O. The van der Waals surface area contributed by atoms with E-state index in [1.165, 1.54) is 0 Å². The van der Waals surface area contributed by atoms with Gasteiger partial charge in [-0.2, -0.15) is 0 Å². The molecular formula is C12H21N3O2S. The number of carbonyl (C=O) groups is 1. The van der Waals surface area contributed by atoms with Crippen molar-refractivity contribution in [3.8, 4) is 0 Å². The zero-order valence-electron chi connectivity index (χ0n) is 10.9. The second-order valence-corrected chi connectivity index (χ2v) is 6.30. The van der Waals surface area contributed by atoms with Crippen LogP contribution < -0.4 is 11.1 Å². The number of amidine groups is 1. The lowest BCUT2D eigenvalue weighted by Crippen LogP contribution is -2.48. The molecule has 1 amide bonds. The van der Waals surface area contributed by atoms with Crippen LogP contribution in [0, 0.1) is 5.92 Å². The minimum absolute atomic E-state index is 0.112. The van der Waals surface area contributed by atoms with Crippen molar-refractivity contribution in [1.29, 1.82) is 0 Å². The van der Waals surface area contributed by atoms with Gasteiger partial charge in [-0.05, 0) is 18.8 Å². The number of carbonyl (C=O) groups excluding carboxylic acids is 1. The van der Waals surface area contributed by atoms with Gasteiger partial charge in [0.2, 0.25) is 5.91 Å². The van der Waals surface area contributed by atoms with E-state index in [1.54, 1.807) is 11.8 Å². The van der Waals surface area contributed by atoms with Crippen LogP contribution in [0.3, 0.4) is 0 Å². The summed E-state index contributed by atoms with van der Waals surface area (Å²) >= 11 is 1.69. The lowest BCUT2D eigenvalue weighted by molar-refractivity contribution is -0.120. The maximum atomic E-state index is 11.4. The van der Waals surface area contributed by atoms with Crippen LogP contribution in [0.2, 0.25) is 0 Å². The van der Waals surface area contributed by atoms with E-state index in [-0.39, 0.29) is 17.4 Å². The number of nitrogens with two attached hydrogens (primary N) is 1. The normalized spacial score (nSPS) is 26.5. The van der Waals surface area contributed by atoms with Crippen LogP contribution in [0.1, 0.15) is 26.7 Å². The molecule has 6 heteroatoms. The van der Waals surface area contributed by atoms with E-state index in [0.717, 1.165) is 37.0 Å². The maximum absolute atomic E-state index is 11.4. The lowest BCUT2D eigenvalue weighted by Gasteiger charge is -2.32. The molecule has 0 aromatic rings. The van der Waals surface area contributed by atoms with Crippen LogP contribution in [-0.2, 0) is 9.53 Å². The van der Waals surface area contributed by atoms with Crippen molar-refractivity contribution in [2.24, 2.45) is 16.6 Å². The highest BCUT2D eigenvalue weighted by molar-refractivity contribution is 8.14. The van der Waals surface area contributed by atoms with E-state index < -0.39 is 6.04 Å². The monoisotopic (exact) mass is 271 g/mol. The molecule has 1 unspecified atom stereocenters. The van der Waals surface area contributed by atoms with Gasteiger partial charge in [-0.1, -0.05) is 25.6 Å². The van der Waals surface area contributed by atoms with Crippen LogP contribution in [0.4, 0.5) is 0 Å². The number of hydrogen-bond acceptors (Lipinski definition) is 4. The summed E-state index contributed by atoms with van der Waals surface area (Å²) in [6.45, 7) is 5.52. The number of amides is 1. The molecule has 2 aliphatic rings. The number of thioether (sulfide) groups is 1. The Morgan fingerprint density at radius 3 is 2.72 bits per heavy atom. The number of primary amides is 1. The van der Waals surface area contributed by atoms with Crippen LogP contribution in [-0.4, -0.2) is 41.6 Å². The fraction of sp³-hybridized carbons (Fsp3) is 0.833. The molecule has 0 aromatic heterocycles. The Morgan fingerprint density at radius 1 is 1.50 bits per heavy atom. The second-order valence-electron chi connectivity index (χ2n) is 5.33. The predicted molar refractivity (Wildman–Crippen MR) is 73.6 cm³/mol. The largest absolute Gasteiger partial charge is 0.381 e. The first kappa shape index (κ1) is 13.7. The molecule has 102 valence electrons. The molecule has 2 heterocycles. The van der Waals surface area contributed by atoms with Gasteiger partial charge in [0.15, 0.2) is 5.17 Å². The van der Waals surface area contributed by atoms with Crippen molar-refractivity contribution in [3.05, 3.63) is 0 Å². The zero-order chi connectivity index (χ0) is 13.2. The number of rotatable bonds is 3. The molecule has 0 radical (unpaired) electrons. The highest BCUT2D eigenvalue weighted by atomic mass is 32.2. The molecule has 0 bridgehead atoms. The Hall–Kier alpha value is -0.750. The average molecular weight is 271 g/mol. The molecule has 2 fully saturated rings. The maximum Gasteiger partial charge on any atom is 0.242 e. The van der Waals surface area contributed by atoms with Crippen LogP contribution in [0.25, 0.3) is 0 Å². The third-order valence-electron chi connectivity index (χ3n) is 3.49. The van der Waals surface area contributed by atoms with Crippen molar-refractivity contribution >= 4 is 22.8 Å². The van der Waals surface area contributed by atoms with Gasteiger partial charge in [-0.25, -0.2) is 4.99 Å². The quantitative estimate of drug-likeness (QED) is 0.793. The molecule has 18 heavy (non-hydrogen) atoms. The van der Waals surface area contributed by atoms with Gasteiger partial charge in [-0.15, -0.1) is 0 Å². The molecule has 1 spiro atoms. The summed E-state index contributed by atoms with van der Waals surface area (Å²) in [7, 11) is 0. The van der Waals surface area contributed by atoms with Gasteiger partial charge in [0.05, 0.1) is 5.54 Å². The van der Waals surface area contributed by atoms with E-state index >= 15 is 0 Å². The molecule has 2 aliphatic heterocycles. The summed E-state index contributed by atoms with van der Waals surface area (Å²) in [4.78, 5) is 15.8. The summed E-state index contributed by atoms with van der Waals surface area (Å²) in [5.41, 5.74) is 5.49. The lowest BCUT2D eigenvalue weighted by atomic mass is 9.93. The van der Waals surface area contributed by atoms with Crippen molar-refractivity contribution in [3.63, 3.8) is 0 Å². The number of aliphatic imine (C=N–C) groups is 1. The number of nitrogens with zero attached hydrogens (tertiary/aromatic N) is 1. The highest BCUT2D eigenvalue weighted by Gasteiger charge is 2.39. The van der Waals surface area contributed by atoms with Gasteiger partial charge in [-0.3, -0.25) is 4.79 Å². The number of nitrogens with one attached hydrogen (secondary N) is 1. The second kappa shape index (κ2) is 5.48. The average Bonchev–Trinajstić information content (AvgIpc) is 2.69. The first-order valence-electron chi connectivity index (χ1n) is 6.38. The molecule has 0 saturated carbocycles. The highest BCUT2D eigenvalue weighted by Crippen LogP contribution is 2.32. The van der Waals surface area contributed by atoms with Gasteiger partial charge in [0, 0.05) is 19.0 Å². The van der Waals surface area contributed by atoms with Gasteiger partial charge >= 0.3 is 0 Å². The minimum Gasteiger partial charge on any atom is -0.381 e. The van der Waals surface area contributed by atoms with Gasteiger partial charge in [0.25, 0.3) is 0 Å². The minimum atomic E-state index is -0.435. The topological polar surface area (TPSA) is 76.7 Å². The van der Waals surface area contributed by atoms with Crippen LogP contribution >= 0.6 is 11.8 Å². The van der Waals surface area contributed by atoms with E-state index in [9.17, 15) is 4.79 Å². The van der Waals surface area contributed by atoms with Crippen LogP contribution in [0.15, 0.2) is 4.99 Å². The van der Waals surface area contributed by atoms with Crippen molar-refractivity contribution in [2.75, 3.05) is 19.0 Å². The Balaban J connectivity index is 2.04. The van der Waals surface area contributed by atoms with E-state index in [2.05, 4.69) is 10.3 Å². The zero-order valence-corrected chi connectivity index (χ0v) is 11.8.